The number of carboxylic acids is 2. The molecule has 0 bridgehead atoms. The molecule has 14 heavy (non-hydrogen) atoms. The lowest BCUT2D eigenvalue weighted by Crippen LogP contribution is -2.13. The summed E-state index contributed by atoms with van der Waals surface area (Å²) in [5.41, 5.74) is 0. The van der Waals surface area contributed by atoms with Gasteiger partial charge < -0.3 is 10.2 Å². The number of aliphatic carboxylic acids is 2. The van der Waals surface area contributed by atoms with Gasteiger partial charge in [-0.25, -0.2) is 0 Å². The smallest absolute Gasteiger partial charge is 0.306 e. The van der Waals surface area contributed by atoms with E-state index in [4.69, 9.17) is 10.2 Å². The number of hydrogen-bond acceptors (Lipinski definition) is 2. The highest BCUT2D eigenvalue weighted by atomic mass is 16.4. The summed E-state index contributed by atoms with van der Waals surface area (Å²) >= 11 is 0. The van der Waals surface area contributed by atoms with Crippen LogP contribution in [0.1, 0.15) is 38.5 Å². The molecule has 0 heterocycles. The Morgan fingerprint density at radius 1 is 1.14 bits per heavy atom. The minimum atomic E-state index is -0.825. The van der Waals surface area contributed by atoms with E-state index in [1.54, 1.807) is 0 Å². The minimum absolute atomic E-state index is 0.122. The Kier molecular flexibility index (Phi) is 6.80. The SMILES string of the molecule is [CH2]CCC(CCCCC(=O)O)C(=O)O. The largest absolute Gasteiger partial charge is 0.481 e. The summed E-state index contributed by atoms with van der Waals surface area (Å²) in [6.45, 7) is 3.61. The minimum Gasteiger partial charge on any atom is -0.481 e. The average molecular weight is 201 g/mol. The van der Waals surface area contributed by atoms with Crippen molar-refractivity contribution in [2.24, 2.45) is 5.92 Å². The molecule has 1 radical (unpaired) electrons. The maximum Gasteiger partial charge on any atom is 0.306 e. The van der Waals surface area contributed by atoms with E-state index in [1.807, 2.05) is 0 Å². The summed E-state index contributed by atoms with van der Waals surface area (Å²) in [6.07, 6.45) is 3.06. The van der Waals surface area contributed by atoms with Crippen LogP contribution < -0.4 is 0 Å². The quantitative estimate of drug-likeness (QED) is 0.588. The lowest BCUT2D eigenvalue weighted by atomic mass is 9.97. The second-order valence-corrected chi connectivity index (χ2v) is 3.32. The second-order valence-electron chi connectivity index (χ2n) is 3.32. The van der Waals surface area contributed by atoms with Crippen LogP contribution >= 0.6 is 0 Å². The van der Waals surface area contributed by atoms with Crippen LogP contribution in [-0.4, -0.2) is 22.2 Å². The molecule has 81 valence electrons. The van der Waals surface area contributed by atoms with Gasteiger partial charge in [-0.3, -0.25) is 9.59 Å². The highest BCUT2D eigenvalue weighted by molar-refractivity contribution is 5.69. The van der Waals surface area contributed by atoms with E-state index >= 15 is 0 Å². The Morgan fingerprint density at radius 3 is 2.21 bits per heavy atom. The zero-order valence-corrected chi connectivity index (χ0v) is 8.24. The summed E-state index contributed by atoms with van der Waals surface area (Å²) in [4.78, 5) is 20.9. The zero-order chi connectivity index (χ0) is 11.0. The van der Waals surface area contributed by atoms with Gasteiger partial charge in [0.15, 0.2) is 0 Å². The van der Waals surface area contributed by atoms with E-state index in [0.29, 0.717) is 32.1 Å². The zero-order valence-electron chi connectivity index (χ0n) is 8.24. The van der Waals surface area contributed by atoms with Crippen LogP contribution in [0.2, 0.25) is 0 Å². The van der Waals surface area contributed by atoms with E-state index in [0.717, 1.165) is 0 Å². The molecule has 0 saturated carbocycles. The maximum absolute atomic E-state index is 10.7. The standard InChI is InChI=1S/C10H17O4/c1-2-5-8(10(13)14)6-3-4-7-9(11)12/h8H,1-7H2,(H,11,12)(H,13,14). The van der Waals surface area contributed by atoms with Crippen molar-refractivity contribution in [1.29, 1.82) is 0 Å². The molecule has 0 aromatic carbocycles. The van der Waals surface area contributed by atoms with Crippen LogP contribution in [-0.2, 0) is 9.59 Å². The lowest BCUT2D eigenvalue weighted by Gasteiger charge is -2.09. The van der Waals surface area contributed by atoms with Gasteiger partial charge in [-0.15, -0.1) is 0 Å². The highest BCUT2D eigenvalue weighted by Gasteiger charge is 2.15. The fourth-order valence-corrected chi connectivity index (χ4v) is 1.30. The van der Waals surface area contributed by atoms with Crippen molar-refractivity contribution in [3.05, 3.63) is 6.92 Å². The van der Waals surface area contributed by atoms with Gasteiger partial charge >= 0.3 is 11.9 Å². The van der Waals surface area contributed by atoms with Crippen molar-refractivity contribution < 1.29 is 19.8 Å². The van der Waals surface area contributed by atoms with Gasteiger partial charge in [-0.1, -0.05) is 19.8 Å². The van der Waals surface area contributed by atoms with Crippen molar-refractivity contribution in [3.63, 3.8) is 0 Å². The predicted molar refractivity (Wildman–Crippen MR) is 51.8 cm³/mol. The monoisotopic (exact) mass is 201 g/mol. The van der Waals surface area contributed by atoms with Crippen molar-refractivity contribution >= 4 is 11.9 Å². The Balaban J connectivity index is 3.61. The first kappa shape index (κ1) is 12.9. The molecule has 0 aliphatic carbocycles. The van der Waals surface area contributed by atoms with E-state index < -0.39 is 11.9 Å². The molecule has 0 amide bonds. The Hall–Kier alpha value is -1.06. The van der Waals surface area contributed by atoms with Gasteiger partial charge in [0.2, 0.25) is 0 Å². The van der Waals surface area contributed by atoms with Crippen LogP contribution in [0.25, 0.3) is 0 Å². The van der Waals surface area contributed by atoms with Crippen LogP contribution in [0.3, 0.4) is 0 Å². The van der Waals surface area contributed by atoms with Crippen LogP contribution in [0, 0.1) is 12.8 Å². The molecule has 0 fully saturated rings. The average Bonchev–Trinajstić information content (AvgIpc) is 2.09. The van der Waals surface area contributed by atoms with Gasteiger partial charge in [0.1, 0.15) is 0 Å². The molecule has 1 unspecified atom stereocenters. The normalized spacial score (nSPS) is 12.4. The van der Waals surface area contributed by atoms with Gasteiger partial charge in [-0.2, -0.15) is 0 Å². The third kappa shape index (κ3) is 6.46. The summed E-state index contributed by atoms with van der Waals surface area (Å²) < 4.78 is 0. The molecule has 0 aromatic rings. The molecule has 4 nitrogen and oxygen atoms in total. The first-order valence-corrected chi connectivity index (χ1v) is 4.81. The highest BCUT2D eigenvalue weighted by Crippen LogP contribution is 2.15. The third-order valence-electron chi connectivity index (χ3n) is 2.10. The van der Waals surface area contributed by atoms with Crippen molar-refractivity contribution in [1.82, 2.24) is 0 Å². The number of rotatable bonds is 8. The Bertz CT molecular complexity index is 189. The number of hydrogen-bond donors (Lipinski definition) is 2. The summed E-state index contributed by atoms with van der Waals surface area (Å²) in [6, 6.07) is 0. The first-order valence-electron chi connectivity index (χ1n) is 4.81. The van der Waals surface area contributed by atoms with Crippen molar-refractivity contribution in [2.75, 3.05) is 0 Å². The molecule has 0 saturated heterocycles. The van der Waals surface area contributed by atoms with E-state index in [9.17, 15) is 9.59 Å². The van der Waals surface area contributed by atoms with Gasteiger partial charge in [0, 0.05) is 6.42 Å². The van der Waals surface area contributed by atoms with Crippen molar-refractivity contribution in [3.8, 4) is 0 Å². The summed E-state index contributed by atoms with van der Waals surface area (Å²) in [7, 11) is 0. The predicted octanol–water partition coefficient (Wildman–Crippen LogP) is 1.95. The van der Waals surface area contributed by atoms with Gasteiger partial charge in [-0.05, 0) is 19.3 Å². The molecule has 0 aliphatic rings. The Labute approximate surface area is 83.9 Å². The fraction of sp³-hybridized carbons (Fsp3) is 0.700. The molecule has 0 spiro atoms. The molecular weight excluding hydrogens is 184 g/mol. The molecule has 0 aliphatic heterocycles. The fourth-order valence-electron chi connectivity index (χ4n) is 1.30. The van der Waals surface area contributed by atoms with E-state index in [1.165, 1.54) is 0 Å². The Morgan fingerprint density at radius 2 is 1.79 bits per heavy atom. The summed E-state index contributed by atoms with van der Waals surface area (Å²) in [5, 5.41) is 17.1. The van der Waals surface area contributed by atoms with Gasteiger partial charge in [0.05, 0.1) is 5.92 Å². The number of carboxylic acid groups (broad SMARTS) is 2. The number of unbranched alkanes of at least 4 members (excludes halogenated alkanes) is 1. The molecule has 1 atom stereocenters. The first-order chi connectivity index (χ1) is 6.57. The van der Waals surface area contributed by atoms with E-state index in [-0.39, 0.29) is 12.3 Å². The molecular formula is C10H17O4. The lowest BCUT2D eigenvalue weighted by molar-refractivity contribution is -0.142. The third-order valence-corrected chi connectivity index (χ3v) is 2.10. The maximum atomic E-state index is 10.7. The van der Waals surface area contributed by atoms with E-state index in [2.05, 4.69) is 6.92 Å². The molecule has 0 aromatic heterocycles. The second kappa shape index (κ2) is 7.35. The van der Waals surface area contributed by atoms with Crippen LogP contribution in [0.5, 0.6) is 0 Å². The van der Waals surface area contributed by atoms with Crippen LogP contribution in [0.4, 0.5) is 0 Å². The van der Waals surface area contributed by atoms with Crippen LogP contribution in [0.15, 0.2) is 0 Å². The summed E-state index contributed by atoms with van der Waals surface area (Å²) in [5.74, 6) is -1.99. The van der Waals surface area contributed by atoms with Gasteiger partial charge in [0.25, 0.3) is 0 Å². The topological polar surface area (TPSA) is 74.6 Å². The molecule has 4 heteroatoms. The number of carbonyl (C=O) groups is 2. The van der Waals surface area contributed by atoms with Crippen molar-refractivity contribution in [2.45, 2.75) is 38.5 Å². The molecule has 2 N–H and O–H groups in total. The molecule has 0 rings (SSSR count).